The third-order valence-corrected chi connectivity index (χ3v) is 1.72. The highest BCUT2D eigenvalue weighted by molar-refractivity contribution is 4.90. The molecule has 1 N–H and O–H groups in total. The fourth-order valence-corrected chi connectivity index (χ4v) is 1.13. The largest absolute Gasteiger partial charge is 0.393 e. The first-order valence-electron chi connectivity index (χ1n) is 4.49. The van der Waals surface area contributed by atoms with Crippen molar-refractivity contribution in [2.75, 3.05) is 0 Å². The molecule has 1 atom stereocenters. The van der Waals surface area contributed by atoms with Crippen molar-refractivity contribution < 1.29 is 5.11 Å². The topological polar surface area (TPSA) is 20.2 Å². The van der Waals surface area contributed by atoms with Gasteiger partial charge in [-0.05, 0) is 19.8 Å². The Morgan fingerprint density at radius 2 is 2.09 bits per heavy atom. The molecule has 0 bridgehead atoms. The second-order valence-electron chi connectivity index (χ2n) is 3.31. The molecule has 0 amide bonds. The summed E-state index contributed by atoms with van der Waals surface area (Å²) in [6, 6.07) is 0. The number of aliphatic hydroxyl groups is 1. The molecule has 1 nitrogen and oxygen atoms in total. The van der Waals surface area contributed by atoms with E-state index >= 15 is 0 Å². The third kappa shape index (κ3) is 7.60. The van der Waals surface area contributed by atoms with Crippen LogP contribution in [0.25, 0.3) is 0 Å². The Labute approximate surface area is 70.1 Å². The Hall–Kier alpha value is -0.300. The van der Waals surface area contributed by atoms with E-state index < -0.39 is 0 Å². The molecule has 11 heavy (non-hydrogen) atoms. The molecule has 66 valence electrons. The molecule has 0 spiro atoms. The molecule has 0 aromatic rings. The van der Waals surface area contributed by atoms with Crippen LogP contribution in [0.15, 0.2) is 12.2 Å². The molecule has 0 aromatic heterocycles. The Balaban J connectivity index is 3.22. The van der Waals surface area contributed by atoms with E-state index in [9.17, 15) is 5.11 Å². The average Bonchev–Trinajstić information content (AvgIpc) is 1.86. The summed E-state index contributed by atoms with van der Waals surface area (Å²) in [5.74, 6) is 0. The smallest absolute Gasteiger partial charge is 0.0577 e. The van der Waals surface area contributed by atoms with Gasteiger partial charge in [0.1, 0.15) is 0 Å². The van der Waals surface area contributed by atoms with Gasteiger partial charge in [0.25, 0.3) is 0 Å². The summed E-state index contributed by atoms with van der Waals surface area (Å²) in [6.45, 7) is 7.90. The molecular weight excluding hydrogens is 136 g/mol. The van der Waals surface area contributed by atoms with Gasteiger partial charge in [0.05, 0.1) is 6.10 Å². The minimum Gasteiger partial charge on any atom is -0.393 e. The summed E-state index contributed by atoms with van der Waals surface area (Å²) < 4.78 is 0. The summed E-state index contributed by atoms with van der Waals surface area (Å²) >= 11 is 0. The quantitative estimate of drug-likeness (QED) is 0.463. The molecule has 0 aromatic carbocycles. The van der Waals surface area contributed by atoms with Crippen LogP contribution >= 0.6 is 0 Å². The maximum absolute atomic E-state index is 9.39. The van der Waals surface area contributed by atoms with Crippen LogP contribution in [0, 0.1) is 0 Å². The van der Waals surface area contributed by atoms with Crippen molar-refractivity contribution in [3.63, 3.8) is 0 Å². The molecule has 0 rings (SSSR count). The van der Waals surface area contributed by atoms with Gasteiger partial charge in [-0.1, -0.05) is 31.8 Å². The van der Waals surface area contributed by atoms with Crippen LogP contribution in [0.3, 0.4) is 0 Å². The number of aliphatic hydroxyl groups excluding tert-OH is 1. The summed E-state index contributed by atoms with van der Waals surface area (Å²) in [6.07, 6.45) is 5.14. The van der Waals surface area contributed by atoms with E-state index in [1.54, 1.807) is 0 Å². The van der Waals surface area contributed by atoms with Crippen molar-refractivity contribution >= 4 is 0 Å². The van der Waals surface area contributed by atoms with Crippen LogP contribution in [-0.2, 0) is 0 Å². The lowest BCUT2D eigenvalue weighted by Gasteiger charge is -2.08. The van der Waals surface area contributed by atoms with Crippen LogP contribution in [0.5, 0.6) is 0 Å². The van der Waals surface area contributed by atoms with Crippen molar-refractivity contribution in [2.24, 2.45) is 0 Å². The minimum atomic E-state index is -0.154. The Morgan fingerprint density at radius 1 is 1.45 bits per heavy atom. The van der Waals surface area contributed by atoms with Crippen molar-refractivity contribution in [3.8, 4) is 0 Å². The van der Waals surface area contributed by atoms with Crippen molar-refractivity contribution in [1.82, 2.24) is 0 Å². The monoisotopic (exact) mass is 156 g/mol. The Kier molecular flexibility index (Phi) is 6.24. The summed E-state index contributed by atoms with van der Waals surface area (Å²) in [5, 5.41) is 9.39. The molecule has 0 radical (unpaired) electrons. The third-order valence-electron chi connectivity index (χ3n) is 1.72. The standard InChI is InChI=1S/C10H20O/c1-4-5-6-7-10(11)8-9(2)3/h10-11H,2,4-8H2,1,3H3/t10-/m0/s1. The second kappa shape index (κ2) is 6.41. The molecule has 0 fully saturated rings. The van der Waals surface area contributed by atoms with Crippen LogP contribution < -0.4 is 0 Å². The van der Waals surface area contributed by atoms with Crippen LogP contribution in [0.1, 0.15) is 46.0 Å². The van der Waals surface area contributed by atoms with Gasteiger partial charge in [0.15, 0.2) is 0 Å². The van der Waals surface area contributed by atoms with E-state index in [0.717, 1.165) is 24.8 Å². The van der Waals surface area contributed by atoms with Crippen molar-refractivity contribution in [1.29, 1.82) is 0 Å². The maximum atomic E-state index is 9.39. The predicted molar refractivity (Wildman–Crippen MR) is 49.6 cm³/mol. The highest BCUT2D eigenvalue weighted by Gasteiger charge is 2.02. The maximum Gasteiger partial charge on any atom is 0.0577 e. The minimum absolute atomic E-state index is 0.154. The fraction of sp³-hybridized carbons (Fsp3) is 0.800. The van der Waals surface area contributed by atoms with Crippen LogP contribution in [-0.4, -0.2) is 11.2 Å². The normalized spacial score (nSPS) is 13.0. The lowest BCUT2D eigenvalue weighted by molar-refractivity contribution is 0.161. The van der Waals surface area contributed by atoms with Gasteiger partial charge in [-0.3, -0.25) is 0 Å². The number of hydrogen-bond donors (Lipinski definition) is 1. The van der Waals surface area contributed by atoms with Gasteiger partial charge < -0.3 is 5.11 Å². The average molecular weight is 156 g/mol. The fourth-order valence-electron chi connectivity index (χ4n) is 1.13. The van der Waals surface area contributed by atoms with Crippen LogP contribution in [0.4, 0.5) is 0 Å². The van der Waals surface area contributed by atoms with E-state index in [0.29, 0.717) is 0 Å². The number of hydrogen-bond acceptors (Lipinski definition) is 1. The van der Waals surface area contributed by atoms with Gasteiger partial charge >= 0.3 is 0 Å². The number of rotatable bonds is 6. The van der Waals surface area contributed by atoms with E-state index in [1.165, 1.54) is 12.8 Å². The van der Waals surface area contributed by atoms with E-state index in [4.69, 9.17) is 0 Å². The van der Waals surface area contributed by atoms with E-state index in [-0.39, 0.29) is 6.10 Å². The molecule has 0 saturated heterocycles. The molecular formula is C10H20O. The van der Waals surface area contributed by atoms with Gasteiger partial charge in [0, 0.05) is 0 Å². The summed E-state index contributed by atoms with van der Waals surface area (Å²) in [4.78, 5) is 0. The zero-order valence-corrected chi connectivity index (χ0v) is 7.77. The lowest BCUT2D eigenvalue weighted by atomic mass is 10.1. The summed E-state index contributed by atoms with van der Waals surface area (Å²) in [5.41, 5.74) is 1.08. The molecule has 0 aliphatic rings. The molecule has 0 heterocycles. The zero-order valence-electron chi connectivity index (χ0n) is 7.77. The second-order valence-corrected chi connectivity index (χ2v) is 3.31. The van der Waals surface area contributed by atoms with E-state index in [1.807, 2.05) is 6.92 Å². The van der Waals surface area contributed by atoms with Gasteiger partial charge in [-0.2, -0.15) is 0 Å². The Bertz CT molecular complexity index is 107. The SMILES string of the molecule is C=C(C)C[C@@H](O)CCCCC. The van der Waals surface area contributed by atoms with Gasteiger partial charge in [-0.25, -0.2) is 0 Å². The Morgan fingerprint density at radius 3 is 2.55 bits per heavy atom. The van der Waals surface area contributed by atoms with Crippen molar-refractivity contribution in [3.05, 3.63) is 12.2 Å². The molecule has 0 unspecified atom stereocenters. The van der Waals surface area contributed by atoms with E-state index in [2.05, 4.69) is 13.5 Å². The molecule has 0 aliphatic heterocycles. The molecule has 1 heteroatoms. The highest BCUT2D eigenvalue weighted by atomic mass is 16.3. The first-order chi connectivity index (χ1) is 5.16. The first-order valence-corrected chi connectivity index (χ1v) is 4.49. The zero-order chi connectivity index (χ0) is 8.69. The summed E-state index contributed by atoms with van der Waals surface area (Å²) in [7, 11) is 0. The van der Waals surface area contributed by atoms with Gasteiger partial charge in [-0.15, -0.1) is 6.58 Å². The predicted octanol–water partition coefficient (Wildman–Crippen LogP) is 2.89. The highest BCUT2D eigenvalue weighted by Crippen LogP contribution is 2.09. The number of unbranched alkanes of at least 4 members (excludes halogenated alkanes) is 2. The molecule has 0 aliphatic carbocycles. The van der Waals surface area contributed by atoms with Gasteiger partial charge in [0.2, 0.25) is 0 Å². The van der Waals surface area contributed by atoms with Crippen LogP contribution in [0.2, 0.25) is 0 Å². The first kappa shape index (κ1) is 10.7. The van der Waals surface area contributed by atoms with Crippen molar-refractivity contribution in [2.45, 2.75) is 52.1 Å². The lowest BCUT2D eigenvalue weighted by Crippen LogP contribution is -2.05. The molecule has 0 saturated carbocycles.